The van der Waals surface area contributed by atoms with Gasteiger partial charge < -0.3 is 14.5 Å². The number of likely N-dealkylation sites (tertiary alicyclic amines) is 1. The molecule has 2 amide bonds. The Kier molecular flexibility index (Phi) is 6.75. The van der Waals surface area contributed by atoms with Crippen molar-refractivity contribution in [3.05, 3.63) is 33.8 Å². The third-order valence-corrected chi connectivity index (χ3v) is 7.55. The van der Waals surface area contributed by atoms with Gasteiger partial charge in [-0.05, 0) is 62.9 Å². The largest absolute Gasteiger partial charge is 0.453 e. The van der Waals surface area contributed by atoms with Gasteiger partial charge in [-0.15, -0.1) is 0 Å². The van der Waals surface area contributed by atoms with Crippen LogP contribution in [-0.4, -0.2) is 78.1 Å². The first kappa shape index (κ1) is 21.7. The molecule has 3 aliphatic rings. The number of methoxy groups -OCH3 is 1. The van der Waals surface area contributed by atoms with Crippen molar-refractivity contribution in [3.63, 3.8) is 0 Å². The molecule has 2 aliphatic heterocycles. The minimum Gasteiger partial charge on any atom is -0.453 e. The molecule has 3 atom stereocenters. The third-order valence-electron chi connectivity index (χ3n) is 6.81. The Morgan fingerprint density at radius 1 is 0.967 bits per heavy atom. The van der Waals surface area contributed by atoms with E-state index in [0.717, 1.165) is 37.9 Å². The molecule has 6 nitrogen and oxygen atoms in total. The molecule has 1 unspecified atom stereocenters. The lowest BCUT2D eigenvalue weighted by molar-refractivity contribution is -0.141. The van der Waals surface area contributed by atoms with Gasteiger partial charge in [0.1, 0.15) is 0 Å². The molecule has 2 heterocycles. The Hall–Kier alpha value is -1.50. The summed E-state index contributed by atoms with van der Waals surface area (Å²) in [6.45, 7) is 3.18. The molecule has 0 spiro atoms. The van der Waals surface area contributed by atoms with E-state index >= 15 is 0 Å². The number of carbonyl (C=O) groups is 2. The van der Waals surface area contributed by atoms with E-state index in [0.29, 0.717) is 23.1 Å². The lowest BCUT2D eigenvalue weighted by atomic mass is 9.81. The topological polar surface area (TPSA) is 53.1 Å². The van der Waals surface area contributed by atoms with Crippen molar-refractivity contribution in [3.8, 4) is 0 Å². The van der Waals surface area contributed by atoms with E-state index in [4.69, 9.17) is 27.9 Å². The Bertz CT molecular complexity index is 800. The minimum absolute atomic E-state index is 0.0000258. The summed E-state index contributed by atoms with van der Waals surface area (Å²) in [6, 6.07) is 5.65. The summed E-state index contributed by atoms with van der Waals surface area (Å²) in [5.74, 6) is 0.0824. The van der Waals surface area contributed by atoms with Crippen molar-refractivity contribution in [1.29, 1.82) is 0 Å². The molecule has 2 saturated heterocycles. The van der Waals surface area contributed by atoms with Crippen LogP contribution in [0.2, 0.25) is 10.0 Å². The molecule has 0 aromatic heterocycles. The Balaban J connectivity index is 1.59. The molecular weight excluding hydrogens is 425 g/mol. The average Bonchev–Trinajstić information content (AvgIpc) is 3.29. The van der Waals surface area contributed by atoms with E-state index in [9.17, 15) is 9.59 Å². The Labute approximate surface area is 188 Å². The van der Waals surface area contributed by atoms with E-state index in [2.05, 4.69) is 4.90 Å². The van der Waals surface area contributed by atoms with Gasteiger partial charge in [0.15, 0.2) is 0 Å². The van der Waals surface area contributed by atoms with Crippen LogP contribution in [0.25, 0.3) is 0 Å². The summed E-state index contributed by atoms with van der Waals surface area (Å²) in [4.78, 5) is 32.3. The summed E-state index contributed by atoms with van der Waals surface area (Å²) >= 11 is 12.2. The van der Waals surface area contributed by atoms with Crippen molar-refractivity contribution in [2.45, 2.75) is 56.7 Å². The first-order valence-corrected chi connectivity index (χ1v) is 11.6. The van der Waals surface area contributed by atoms with Crippen LogP contribution in [0.3, 0.4) is 0 Å². The Morgan fingerprint density at radius 3 is 2.37 bits per heavy atom. The van der Waals surface area contributed by atoms with Crippen LogP contribution in [0.1, 0.15) is 37.7 Å². The lowest BCUT2D eigenvalue weighted by Gasteiger charge is -2.54. The highest BCUT2D eigenvalue weighted by Gasteiger charge is 2.48. The molecule has 0 radical (unpaired) electrons. The highest BCUT2D eigenvalue weighted by molar-refractivity contribution is 6.42. The molecule has 30 heavy (non-hydrogen) atoms. The molecule has 1 aliphatic carbocycles. The predicted octanol–water partition coefficient (Wildman–Crippen LogP) is 3.83. The van der Waals surface area contributed by atoms with Crippen molar-refractivity contribution in [2.75, 3.05) is 33.3 Å². The maximum absolute atomic E-state index is 13.4. The predicted molar refractivity (Wildman–Crippen MR) is 117 cm³/mol. The second kappa shape index (κ2) is 9.33. The van der Waals surface area contributed by atoms with Gasteiger partial charge in [0.05, 0.1) is 35.7 Å². The van der Waals surface area contributed by atoms with Crippen molar-refractivity contribution >= 4 is 35.2 Å². The molecule has 3 fully saturated rings. The van der Waals surface area contributed by atoms with E-state index in [1.165, 1.54) is 20.0 Å². The number of hydrogen-bond acceptors (Lipinski definition) is 4. The van der Waals surface area contributed by atoms with Crippen LogP contribution in [-0.2, 0) is 16.0 Å². The molecule has 164 valence electrons. The first-order chi connectivity index (χ1) is 14.5. The number of hydrogen-bond donors (Lipinski definition) is 0. The molecule has 4 rings (SSSR count). The molecule has 8 heteroatoms. The number of amides is 2. The fourth-order valence-corrected chi connectivity index (χ4v) is 5.77. The smallest absolute Gasteiger partial charge is 0.409 e. The van der Waals surface area contributed by atoms with E-state index < -0.39 is 0 Å². The van der Waals surface area contributed by atoms with Gasteiger partial charge in [0.25, 0.3) is 0 Å². The van der Waals surface area contributed by atoms with Crippen LogP contribution in [0, 0.1) is 0 Å². The number of fused-ring (bicyclic) bond motifs is 1. The molecule has 0 N–H and O–H groups in total. The maximum Gasteiger partial charge on any atom is 0.409 e. The zero-order chi connectivity index (χ0) is 21.3. The van der Waals surface area contributed by atoms with Crippen molar-refractivity contribution < 1.29 is 14.3 Å². The van der Waals surface area contributed by atoms with Gasteiger partial charge in [-0.25, -0.2) is 4.79 Å². The summed E-state index contributed by atoms with van der Waals surface area (Å²) in [5.41, 5.74) is 0.856. The van der Waals surface area contributed by atoms with Crippen molar-refractivity contribution in [2.24, 2.45) is 0 Å². The number of carbonyl (C=O) groups excluding carboxylic acids is 2. The monoisotopic (exact) mass is 453 g/mol. The van der Waals surface area contributed by atoms with Gasteiger partial charge >= 0.3 is 6.09 Å². The van der Waals surface area contributed by atoms with Gasteiger partial charge in [-0.2, -0.15) is 0 Å². The number of halogens is 2. The van der Waals surface area contributed by atoms with E-state index in [1.807, 2.05) is 15.9 Å². The standard InChI is InChI=1S/C22H29Cl2N3O3/c1-30-22(29)26-11-12-27(20(28)14-15-7-8-16(23)17(24)13-15)21-18(5-4-6-19(21)26)25-9-2-3-10-25/h7-8,13,18-19,21H,2-6,9-12,14H2,1H3/t18-,19-,21?/m0/s1. The fraction of sp³-hybridized carbons (Fsp3) is 0.636. The van der Waals surface area contributed by atoms with Gasteiger partial charge in [0.2, 0.25) is 5.91 Å². The fourth-order valence-electron chi connectivity index (χ4n) is 5.45. The van der Waals surface area contributed by atoms with Crippen LogP contribution < -0.4 is 0 Å². The summed E-state index contributed by atoms with van der Waals surface area (Å²) < 4.78 is 5.06. The van der Waals surface area contributed by atoms with Crippen molar-refractivity contribution in [1.82, 2.24) is 14.7 Å². The normalized spacial score (nSPS) is 27.1. The molecular formula is C22H29Cl2N3O3. The maximum atomic E-state index is 13.4. The summed E-state index contributed by atoms with van der Waals surface area (Å²) in [5, 5.41) is 0.948. The molecule has 1 aromatic rings. The number of rotatable bonds is 3. The van der Waals surface area contributed by atoms with Gasteiger partial charge in [-0.3, -0.25) is 9.69 Å². The number of piperazine rings is 1. The van der Waals surface area contributed by atoms with Crippen LogP contribution in [0.15, 0.2) is 18.2 Å². The highest BCUT2D eigenvalue weighted by Crippen LogP contribution is 2.35. The van der Waals surface area contributed by atoms with Crippen LogP contribution in [0.5, 0.6) is 0 Å². The minimum atomic E-state index is -0.288. The molecule has 1 saturated carbocycles. The van der Waals surface area contributed by atoms with Gasteiger partial charge in [0, 0.05) is 19.1 Å². The first-order valence-electron chi connectivity index (χ1n) is 10.8. The quantitative estimate of drug-likeness (QED) is 0.697. The number of ether oxygens (including phenoxy) is 1. The summed E-state index contributed by atoms with van der Waals surface area (Å²) in [6.07, 6.45) is 5.42. The SMILES string of the molecule is COC(=O)N1CCN(C(=O)Cc2ccc(Cl)c(Cl)c2)C2[C@@H](N3CCCC3)CCC[C@@H]21. The number of nitrogens with zero attached hydrogens (tertiary/aromatic N) is 3. The zero-order valence-corrected chi connectivity index (χ0v) is 18.9. The molecule has 1 aromatic carbocycles. The summed E-state index contributed by atoms with van der Waals surface area (Å²) in [7, 11) is 1.43. The lowest BCUT2D eigenvalue weighted by Crippen LogP contribution is -2.69. The molecule has 0 bridgehead atoms. The van der Waals surface area contributed by atoms with E-state index in [-0.39, 0.29) is 36.5 Å². The van der Waals surface area contributed by atoms with Crippen LogP contribution >= 0.6 is 23.2 Å². The van der Waals surface area contributed by atoms with Crippen LogP contribution in [0.4, 0.5) is 4.79 Å². The van der Waals surface area contributed by atoms with E-state index in [1.54, 1.807) is 12.1 Å². The second-order valence-corrected chi connectivity index (χ2v) is 9.29. The number of benzene rings is 1. The van der Waals surface area contributed by atoms with Gasteiger partial charge in [-0.1, -0.05) is 29.3 Å². The Morgan fingerprint density at radius 2 is 1.67 bits per heavy atom. The average molecular weight is 454 g/mol. The third kappa shape index (κ3) is 4.27. The zero-order valence-electron chi connectivity index (χ0n) is 17.4. The second-order valence-electron chi connectivity index (χ2n) is 8.48. The highest BCUT2D eigenvalue weighted by atomic mass is 35.5.